The van der Waals surface area contributed by atoms with Crippen molar-refractivity contribution in [3.63, 3.8) is 0 Å². The molecule has 2 heterocycles. The second-order valence-corrected chi connectivity index (χ2v) is 5.74. The number of halogens is 1. The molecule has 0 aliphatic carbocycles. The van der Waals surface area contributed by atoms with Gasteiger partial charge in [0.15, 0.2) is 5.78 Å². The zero-order valence-electron chi connectivity index (χ0n) is 8.28. The van der Waals surface area contributed by atoms with E-state index < -0.39 is 0 Å². The predicted molar refractivity (Wildman–Crippen MR) is 66.1 cm³/mol. The van der Waals surface area contributed by atoms with Crippen molar-refractivity contribution in [2.24, 2.45) is 0 Å². The Balaban J connectivity index is 2.02. The molecule has 0 amide bonds. The molecule has 1 aliphatic heterocycles. The van der Waals surface area contributed by atoms with Crippen molar-refractivity contribution in [2.45, 2.75) is 24.5 Å². The Morgan fingerprint density at radius 1 is 1.67 bits per heavy atom. The van der Waals surface area contributed by atoms with E-state index in [-0.39, 0.29) is 5.25 Å². The molecule has 1 aromatic heterocycles. The maximum Gasteiger partial charge on any atom is 0.151 e. The van der Waals surface area contributed by atoms with Crippen molar-refractivity contribution in [2.75, 3.05) is 5.75 Å². The highest BCUT2D eigenvalue weighted by atomic mass is 79.9. The topological polar surface area (TPSA) is 30.0 Å². The lowest BCUT2D eigenvalue weighted by molar-refractivity contribution is -0.118. The third kappa shape index (κ3) is 2.82. The van der Waals surface area contributed by atoms with Crippen LogP contribution in [0.5, 0.6) is 0 Å². The van der Waals surface area contributed by atoms with Crippen LogP contribution in [0.1, 0.15) is 18.5 Å². The Hall–Kier alpha value is -0.350. The highest BCUT2D eigenvalue weighted by Crippen LogP contribution is 2.28. The van der Waals surface area contributed by atoms with Crippen LogP contribution in [0.3, 0.4) is 0 Å². The number of aromatic nitrogens is 1. The van der Waals surface area contributed by atoms with Gasteiger partial charge >= 0.3 is 0 Å². The van der Waals surface area contributed by atoms with Crippen LogP contribution in [0, 0.1) is 0 Å². The number of Topliss-reactive ketones (excluding diaryl/α,β-unsaturated/α-hetero) is 1. The molecule has 1 saturated heterocycles. The molecule has 0 N–H and O–H groups in total. The monoisotopic (exact) mass is 285 g/mol. The fraction of sp³-hybridized carbons (Fsp3) is 0.455. The summed E-state index contributed by atoms with van der Waals surface area (Å²) in [6, 6.07) is 3.79. The number of nitrogens with zero attached hydrogens (tertiary/aromatic N) is 1. The predicted octanol–water partition coefficient (Wildman–Crippen LogP) is 2.85. The summed E-state index contributed by atoms with van der Waals surface area (Å²) in [5.41, 5.74) is 0.856. The van der Waals surface area contributed by atoms with Crippen LogP contribution in [0.25, 0.3) is 0 Å². The van der Waals surface area contributed by atoms with Gasteiger partial charge in [0.25, 0.3) is 0 Å². The van der Waals surface area contributed by atoms with Crippen LogP contribution in [-0.4, -0.2) is 21.8 Å². The number of hydrogen-bond acceptors (Lipinski definition) is 3. The van der Waals surface area contributed by atoms with E-state index in [2.05, 4.69) is 20.9 Å². The van der Waals surface area contributed by atoms with Gasteiger partial charge in [-0.3, -0.25) is 9.78 Å². The molecule has 0 aromatic carbocycles. The van der Waals surface area contributed by atoms with Gasteiger partial charge in [-0.05, 0) is 46.7 Å². The maximum absolute atomic E-state index is 11.9. The van der Waals surface area contributed by atoms with Gasteiger partial charge in [0, 0.05) is 10.7 Å². The number of hydrogen-bond donors (Lipinski definition) is 0. The summed E-state index contributed by atoms with van der Waals surface area (Å²) in [6.45, 7) is 0. The van der Waals surface area contributed by atoms with E-state index in [1.165, 1.54) is 6.42 Å². The Labute approximate surface area is 102 Å². The molecule has 2 nitrogen and oxygen atoms in total. The van der Waals surface area contributed by atoms with Crippen molar-refractivity contribution in [1.29, 1.82) is 0 Å². The second kappa shape index (κ2) is 5.12. The number of thioether (sulfide) groups is 1. The highest BCUT2D eigenvalue weighted by molar-refractivity contribution is 9.10. The van der Waals surface area contributed by atoms with E-state index in [4.69, 9.17) is 0 Å². The lowest BCUT2D eigenvalue weighted by Gasteiger charge is -2.07. The van der Waals surface area contributed by atoms with E-state index >= 15 is 0 Å². The summed E-state index contributed by atoms with van der Waals surface area (Å²) in [7, 11) is 0. The van der Waals surface area contributed by atoms with Crippen LogP contribution < -0.4 is 0 Å². The fourth-order valence-corrected chi connectivity index (χ4v) is 3.27. The van der Waals surface area contributed by atoms with Crippen LogP contribution in [0.2, 0.25) is 0 Å². The standard InChI is InChI=1S/C11H12BrNOS/c12-8-3-1-5-13-9(8)7-10(14)11-4-2-6-15-11/h1,3,5,11H,2,4,6-7H2. The Morgan fingerprint density at radius 3 is 3.20 bits per heavy atom. The fourth-order valence-electron chi connectivity index (χ4n) is 1.66. The summed E-state index contributed by atoms with van der Waals surface area (Å²) in [6.07, 6.45) is 4.40. The van der Waals surface area contributed by atoms with Gasteiger partial charge in [0.2, 0.25) is 0 Å². The summed E-state index contributed by atoms with van der Waals surface area (Å²) in [5.74, 6) is 1.44. The van der Waals surface area contributed by atoms with Crippen molar-refractivity contribution in [1.82, 2.24) is 4.98 Å². The minimum atomic E-state index is 0.207. The molecular formula is C11H12BrNOS. The SMILES string of the molecule is O=C(Cc1ncccc1Br)C1CCCS1. The normalized spacial score (nSPS) is 20.5. The van der Waals surface area contributed by atoms with Crippen LogP contribution in [-0.2, 0) is 11.2 Å². The number of ketones is 1. The molecule has 1 aliphatic rings. The maximum atomic E-state index is 11.9. The molecule has 1 atom stereocenters. The highest BCUT2D eigenvalue weighted by Gasteiger charge is 2.23. The summed E-state index contributed by atoms with van der Waals surface area (Å²) in [4.78, 5) is 16.1. The molecule has 0 saturated carbocycles. The van der Waals surface area contributed by atoms with Gasteiger partial charge < -0.3 is 0 Å². The van der Waals surface area contributed by atoms with E-state index in [9.17, 15) is 4.79 Å². The molecule has 0 spiro atoms. The molecule has 2 rings (SSSR count). The molecule has 1 aromatic rings. The van der Waals surface area contributed by atoms with Crippen molar-refractivity contribution in [3.05, 3.63) is 28.5 Å². The minimum absolute atomic E-state index is 0.207. The van der Waals surface area contributed by atoms with Gasteiger partial charge in [-0.1, -0.05) is 0 Å². The average Bonchev–Trinajstić information content (AvgIpc) is 2.74. The summed E-state index contributed by atoms with van der Waals surface area (Å²) >= 11 is 5.19. The first-order valence-electron chi connectivity index (χ1n) is 5.01. The smallest absolute Gasteiger partial charge is 0.151 e. The first kappa shape index (κ1) is 11.1. The van der Waals surface area contributed by atoms with E-state index in [1.807, 2.05) is 12.1 Å². The number of pyridine rings is 1. The van der Waals surface area contributed by atoms with E-state index in [0.29, 0.717) is 12.2 Å². The Kier molecular flexibility index (Phi) is 3.81. The zero-order chi connectivity index (χ0) is 10.7. The van der Waals surface area contributed by atoms with Gasteiger partial charge in [0.05, 0.1) is 17.4 Å². The first-order chi connectivity index (χ1) is 7.27. The van der Waals surface area contributed by atoms with Gasteiger partial charge in [-0.15, -0.1) is 0 Å². The minimum Gasteiger partial charge on any atom is -0.298 e. The average molecular weight is 286 g/mol. The molecule has 80 valence electrons. The molecule has 15 heavy (non-hydrogen) atoms. The Morgan fingerprint density at radius 2 is 2.53 bits per heavy atom. The molecule has 4 heteroatoms. The van der Waals surface area contributed by atoms with E-state index in [0.717, 1.165) is 22.3 Å². The van der Waals surface area contributed by atoms with Crippen molar-refractivity contribution >= 4 is 33.5 Å². The quantitative estimate of drug-likeness (QED) is 0.856. The lowest BCUT2D eigenvalue weighted by atomic mass is 10.1. The van der Waals surface area contributed by atoms with E-state index in [1.54, 1.807) is 18.0 Å². The molecule has 1 unspecified atom stereocenters. The van der Waals surface area contributed by atoms with Crippen molar-refractivity contribution < 1.29 is 4.79 Å². The largest absolute Gasteiger partial charge is 0.298 e. The number of rotatable bonds is 3. The van der Waals surface area contributed by atoms with Gasteiger partial charge in [-0.25, -0.2) is 0 Å². The summed E-state index contributed by atoms with van der Waals surface area (Å²) in [5, 5.41) is 0.207. The molecule has 0 bridgehead atoms. The third-order valence-electron chi connectivity index (χ3n) is 2.47. The number of carbonyl (C=O) groups excluding carboxylic acids is 1. The van der Waals surface area contributed by atoms with Crippen molar-refractivity contribution in [3.8, 4) is 0 Å². The van der Waals surface area contributed by atoms with Crippen LogP contribution >= 0.6 is 27.7 Å². The summed E-state index contributed by atoms with van der Waals surface area (Å²) < 4.78 is 0.932. The molecular weight excluding hydrogens is 274 g/mol. The van der Waals surface area contributed by atoms with Crippen LogP contribution in [0.4, 0.5) is 0 Å². The van der Waals surface area contributed by atoms with Gasteiger partial charge in [-0.2, -0.15) is 11.8 Å². The Bertz CT molecular complexity index is 363. The van der Waals surface area contributed by atoms with Crippen LogP contribution in [0.15, 0.2) is 22.8 Å². The van der Waals surface area contributed by atoms with Gasteiger partial charge in [0.1, 0.15) is 0 Å². The molecule has 0 radical (unpaired) electrons. The second-order valence-electron chi connectivity index (χ2n) is 3.58. The molecule has 1 fully saturated rings. The third-order valence-corrected chi connectivity index (χ3v) is 4.61. The zero-order valence-corrected chi connectivity index (χ0v) is 10.7. The lowest BCUT2D eigenvalue weighted by Crippen LogP contribution is -2.17. The number of carbonyl (C=O) groups is 1. The first-order valence-corrected chi connectivity index (χ1v) is 6.85.